The summed E-state index contributed by atoms with van der Waals surface area (Å²) in [5.41, 5.74) is 2.84. The maximum atomic E-state index is 13.8. The number of carbonyl (C=O) groups excluding carboxylic acids is 2. The second kappa shape index (κ2) is 9.00. The summed E-state index contributed by atoms with van der Waals surface area (Å²) in [4.78, 5) is 26.8. The van der Waals surface area contributed by atoms with E-state index >= 15 is 0 Å². The summed E-state index contributed by atoms with van der Waals surface area (Å²) in [5, 5.41) is -4.85. The molecule has 7 nitrogen and oxygen atoms in total. The van der Waals surface area contributed by atoms with Crippen LogP contribution in [0.25, 0.3) is 0 Å². The van der Waals surface area contributed by atoms with E-state index in [0.29, 0.717) is 11.1 Å². The van der Waals surface area contributed by atoms with E-state index in [2.05, 4.69) is 4.74 Å². The minimum absolute atomic E-state index is 0.00511. The summed E-state index contributed by atoms with van der Waals surface area (Å²) in [5.74, 6) is -6.84. The highest BCUT2D eigenvalue weighted by Gasteiger charge is 2.57. The molecule has 0 N–H and O–H groups in total. The van der Waals surface area contributed by atoms with Crippen molar-refractivity contribution in [1.29, 1.82) is 0 Å². The van der Waals surface area contributed by atoms with Crippen LogP contribution in [0.5, 0.6) is 5.75 Å². The highest BCUT2D eigenvalue weighted by Crippen LogP contribution is 2.58. The van der Waals surface area contributed by atoms with Crippen LogP contribution in [0.3, 0.4) is 0 Å². The molecule has 3 aromatic carbocycles. The van der Waals surface area contributed by atoms with E-state index in [1.807, 2.05) is 0 Å². The molecule has 2 bridgehead atoms. The van der Waals surface area contributed by atoms with Crippen LogP contribution in [-0.2, 0) is 24.4 Å². The fraction of sp³-hybridized carbons (Fsp3) is 0.231. The molecule has 0 spiro atoms. The van der Waals surface area contributed by atoms with Crippen LogP contribution in [0.1, 0.15) is 34.1 Å². The van der Waals surface area contributed by atoms with Gasteiger partial charge in [-0.05, 0) is 46.5 Å². The van der Waals surface area contributed by atoms with Gasteiger partial charge in [0.25, 0.3) is 0 Å². The summed E-state index contributed by atoms with van der Waals surface area (Å²) < 4.78 is 83.8. The highest BCUT2D eigenvalue weighted by molar-refractivity contribution is 7.86. The Hall–Kier alpha value is -3.70. The van der Waals surface area contributed by atoms with Crippen molar-refractivity contribution < 1.29 is 45.2 Å². The molecular weight excluding hydrogens is 513 g/mol. The molecule has 192 valence electrons. The van der Waals surface area contributed by atoms with Gasteiger partial charge in [0.15, 0.2) is 16.7 Å². The van der Waals surface area contributed by atoms with Crippen molar-refractivity contribution in [3.8, 4) is 5.75 Å². The number of benzene rings is 3. The normalized spacial score (nSPS) is 22.1. The Morgan fingerprint density at radius 3 is 1.65 bits per heavy atom. The van der Waals surface area contributed by atoms with E-state index in [4.69, 9.17) is 4.74 Å². The van der Waals surface area contributed by atoms with E-state index in [1.165, 1.54) is 12.1 Å². The number of hydrogen-bond acceptors (Lipinski definition) is 7. The molecule has 0 radical (unpaired) electrons. The van der Waals surface area contributed by atoms with Gasteiger partial charge in [0, 0.05) is 11.8 Å². The van der Waals surface area contributed by atoms with Gasteiger partial charge in [0.05, 0.1) is 11.8 Å². The Morgan fingerprint density at radius 1 is 0.784 bits per heavy atom. The number of carbonyl (C=O) groups is 2. The first-order valence-electron chi connectivity index (χ1n) is 11.1. The summed E-state index contributed by atoms with van der Waals surface area (Å²) in [6, 6.07) is 18.7. The Morgan fingerprint density at radius 2 is 1.22 bits per heavy atom. The summed E-state index contributed by atoms with van der Waals surface area (Å²) in [6.07, 6.45) is 0. The zero-order valence-corrected chi connectivity index (χ0v) is 19.7. The summed E-state index contributed by atoms with van der Waals surface area (Å²) >= 11 is 0. The zero-order valence-electron chi connectivity index (χ0n) is 18.8. The maximum absolute atomic E-state index is 13.8. The topological polar surface area (TPSA) is 110 Å². The molecule has 37 heavy (non-hydrogen) atoms. The van der Waals surface area contributed by atoms with Crippen LogP contribution in [0.2, 0.25) is 0 Å². The van der Waals surface area contributed by atoms with Gasteiger partial charge >= 0.3 is 17.2 Å². The van der Waals surface area contributed by atoms with Gasteiger partial charge in [0.2, 0.25) is 0 Å². The summed E-state index contributed by atoms with van der Waals surface area (Å²) in [6.45, 7) is -1.99. The number of halogens is 3. The monoisotopic (exact) mass is 531 g/mol. The third-order valence-electron chi connectivity index (χ3n) is 6.76. The molecular formula is C26H18F3O7S-. The Kier molecular flexibility index (Phi) is 6.07. The van der Waals surface area contributed by atoms with Crippen LogP contribution in [-0.4, -0.2) is 36.8 Å². The van der Waals surface area contributed by atoms with Gasteiger partial charge in [-0.25, -0.2) is 12.8 Å². The van der Waals surface area contributed by atoms with Crippen LogP contribution >= 0.6 is 0 Å². The van der Waals surface area contributed by atoms with E-state index in [-0.39, 0.29) is 5.75 Å². The average Bonchev–Trinajstić information content (AvgIpc) is 2.87. The minimum Gasteiger partial charge on any atom is -0.743 e. The largest absolute Gasteiger partial charge is 0.743 e. The van der Waals surface area contributed by atoms with Crippen molar-refractivity contribution in [3.63, 3.8) is 0 Å². The number of alkyl halides is 2. The van der Waals surface area contributed by atoms with Crippen LogP contribution in [0.15, 0.2) is 72.8 Å². The third-order valence-corrected chi connectivity index (χ3v) is 7.61. The number of ether oxygens (including phenoxy) is 2. The van der Waals surface area contributed by atoms with Crippen molar-refractivity contribution >= 4 is 22.1 Å². The molecule has 3 aliphatic carbocycles. The molecule has 3 aliphatic rings. The molecule has 0 saturated heterocycles. The lowest BCUT2D eigenvalue weighted by Gasteiger charge is -2.48. The first-order valence-corrected chi connectivity index (χ1v) is 12.6. The third kappa shape index (κ3) is 4.27. The average molecular weight is 531 g/mol. The lowest BCUT2D eigenvalue weighted by Crippen LogP contribution is -2.49. The second-order valence-electron chi connectivity index (χ2n) is 8.84. The van der Waals surface area contributed by atoms with Crippen molar-refractivity contribution in [1.82, 2.24) is 0 Å². The van der Waals surface area contributed by atoms with Gasteiger partial charge in [0.1, 0.15) is 11.6 Å². The molecule has 0 heterocycles. The standard InChI is InChI=1S/C26H19F3O7S/c27-14-9-11-15(12-10-14)36-25(31)23-21-18-7-3-1-5-16(18)20(17-6-2-4-8-19(17)21)22(23)24(30)35-13-26(28,29)37(32,33)34/h1-12,20-23H,13H2,(H,32,33,34)/p-1. The van der Waals surface area contributed by atoms with Gasteiger partial charge in [-0.1, -0.05) is 48.5 Å². The lowest BCUT2D eigenvalue weighted by molar-refractivity contribution is -0.163. The van der Waals surface area contributed by atoms with Gasteiger partial charge in [-0.15, -0.1) is 0 Å². The molecule has 0 aliphatic heterocycles. The molecule has 6 rings (SSSR count). The molecule has 0 aromatic heterocycles. The maximum Gasteiger partial charge on any atom is 0.367 e. The van der Waals surface area contributed by atoms with Crippen LogP contribution in [0, 0.1) is 17.7 Å². The molecule has 2 atom stereocenters. The van der Waals surface area contributed by atoms with Crippen LogP contribution < -0.4 is 4.74 Å². The van der Waals surface area contributed by atoms with Crippen molar-refractivity contribution in [2.45, 2.75) is 17.1 Å². The second-order valence-corrected chi connectivity index (χ2v) is 10.3. The fourth-order valence-corrected chi connectivity index (χ4v) is 5.46. The van der Waals surface area contributed by atoms with Gasteiger partial charge in [-0.2, -0.15) is 8.78 Å². The van der Waals surface area contributed by atoms with Crippen LogP contribution in [0.4, 0.5) is 13.2 Å². The number of hydrogen-bond donors (Lipinski definition) is 0. The van der Waals surface area contributed by atoms with E-state index < -0.39 is 63.4 Å². The predicted molar refractivity (Wildman–Crippen MR) is 121 cm³/mol. The quantitative estimate of drug-likeness (QED) is 0.269. The zero-order chi connectivity index (χ0) is 26.5. The van der Waals surface area contributed by atoms with Crippen molar-refractivity contribution in [2.24, 2.45) is 11.8 Å². The van der Waals surface area contributed by atoms with Crippen molar-refractivity contribution in [3.05, 3.63) is 101 Å². The fourth-order valence-electron chi connectivity index (χ4n) is 5.25. The molecule has 0 amide bonds. The first-order chi connectivity index (χ1) is 17.5. The molecule has 0 saturated carbocycles. The van der Waals surface area contributed by atoms with Gasteiger partial charge < -0.3 is 14.0 Å². The molecule has 2 unspecified atom stereocenters. The van der Waals surface area contributed by atoms with E-state index in [9.17, 15) is 35.7 Å². The minimum atomic E-state index is -6.09. The van der Waals surface area contributed by atoms with Crippen molar-refractivity contribution in [2.75, 3.05) is 6.61 Å². The highest BCUT2D eigenvalue weighted by atomic mass is 32.2. The Bertz CT molecular complexity index is 1440. The lowest BCUT2D eigenvalue weighted by atomic mass is 9.54. The predicted octanol–water partition coefficient (Wildman–Crippen LogP) is 3.94. The first kappa shape index (κ1) is 25.0. The SMILES string of the molecule is O=C(OCC(F)(F)S(=O)(=O)[O-])C1C2c3ccccc3C(c3ccccc32)C1C(=O)Oc1ccc(F)cc1. The molecule has 11 heteroatoms. The van der Waals surface area contributed by atoms with E-state index in [1.54, 1.807) is 48.5 Å². The number of esters is 2. The van der Waals surface area contributed by atoms with Gasteiger partial charge in [-0.3, -0.25) is 9.59 Å². The number of fused-ring (bicyclic) bond motifs is 1. The van der Waals surface area contributed by atoms with E-state index in [0.717, 1.165) is 23.3 Å². The number of rotatable bonds is 6. The Balaban J connectivity index is 1.58. The Labute approximate surface area is 209 Å². The molecule has 0 fully saturated rings. The summed E-state index contributed by atoms with van der Waals surface area (Å²) in [7, 11) is -6.09. The molecule has 3 aromatic rings. The smallest absolute Gasteiger partial charge is 0.367 e.